The number of halogens is 1. The van der Waals surface area contributed by atoms with Crippen LogP contribution in [0.25, 0.3) is 0 Å². The number of aromatic nitrogens is 2. The fourth-order valence-corrected chi connectivity index (χ4v) is 3.72. The molecule has 0 N–H and O–H groups in total. The minimum absolute atomic E-state index is 0.139. The number of rotatable bonds is 7. The van der Waals surface area contributed by atoms with Gasteiger partial charge in [-0.05, 0) is 6.07 Å². The topological polar surface area (TPSA) is 54.0 Å². The number of morpholine rings is 1. The molecule has 4 rings (SSSR count). The fraction of sp³-hybridized carbons (Fsp3) is 0.524. The zero-order valence-electron chi connectivity index (χ0n) is 16.7. The number of anilines is 1. The number of hydrogen-bond donors (Lipinski definition) is 0. The van der Waals surface area contributed by atoms with Crippen LogP contribution in [0.3, 0.4) is 0 Å². The molecule has 29 heavy (non-hydrogen) atoms. The van der Waals surface area contributed by atoms with Gasteiger partial charge in [0.05, 0.1) is 13.2 Å². The maximum absolute atomic E-state index is 13.9. The highest BCUT2D eigenvalue weighted by Crippen LogP contribution is 2.24. The summed E-state index contributed by atoms with van der Waals surface area (Å²) >= 11 is 0. The van der Waals surface area contributed by atoms with E-state index in [1.807, 2.05) is 12.1 Å². The van der Waals surface area contributed by atoms with Crippen molar-refractivity contribution in [3.63, 3.8) is 0 Å². The molecule has 0 saturated carbocycles. The lowest BCUT2D eigenvalue weighted by atomic mass is 10.2. The summed E-state index contributed by atoms with van der Waals surface area (Å²) in [6, 6.07) is 6.98. The molecule has 8 heteroatoms. The second kappa shape index (κ2) is 9.96. The van der Waals surface area contributed by atoms with Gasteiger partial charge in [0, 0.05) is 70.3 Å². The van der Waals surface area contributed by atoms with Gasteiger partial charge in [0.1, 0.15) is 12.4 Å². The summed E-state index contributed by atoms with van der Waals surface area (Å²) < 4.78 is 25.3. The number of piperazine rings is 1. The summed E-state index contributed by atoms with van der Waals surface area (Å²) in [7, 11) is 0. The molecule has 2 aromatic rings. The molecule has 2 fully saturated rings. The van der Waals surface area contributed by atoms with Crippen molar-refractivity contribution in [3.8, 4) is 5.88 Å². The molecule has 0 bridgehead atoms. The van der Waals surface area contributed by atoms with Crippen LogP contribution in [-0.2, 0) is 11.3 Å². The number of ether oxygens (including phenoxy) is 2. The Labute approximate surface area is 171 Å². The normalized spacial score (nSPS) is 18.7. The van der Waals surface area contributed by atoms with Crippen molar-refractivity contribution < 1.29 is 13.9 Å². The molecule has 1 aromatic heterocycles. The van der Waals surface area contributed by atoms with E-state index in [1.165, 1.54) is 6.07 Å². The average molecular weight is 401 g/mol. The van der Waals surface area contributed by atoms with Crippen molar-refractivity contribution in [2.24, 2.45) is 0 Å². The Morgan fingerprint density at radius 2 is 1.69 bits per heavy atom. The first-order chi connectivity index (χ1) is 14.3. The molecule has 0 radical (unpaired) electrons. The zero-order chi connectivity index (χ0) is 19.9. The smallest absolute Gasteiger partial charge is 0.257 e. The molecule has 0 atom stereocenters. The summed E-state index contributed by atoms with van der Waals surface area (Å²) in [5.41, 5.74) is 0.743. The van der Waals surface area contributed by atoms with Crippen LogP contribution in [0.5, 0.6) is 5.88 Å². The minimum Gasteiger partial charge on any atom is -0.474 e. The summed E-state index contributed by atoms with van der Waals surface area (Å²) in [6.45, 7) is 8.84. The van der Waals surface area contributed by atoms with Crippen LogP contribution in [0.1, 0.15) is 5.56 Å². The standard InChI is InChI=1S/C21H28FN5O2/c22-19-4-2-1-3-18(19)17-26-7-9-27(10-8-26)20-21(24-6-5-23-20)29-16-13-25-11-14-28-15-12-25/h1-6H,7-17H2. The van der Waals surface area contributed by atoms with Gasteiger partial charge < -0.3 is 14.4 Å². The molecule has 0 spiro atoms. The second-order valence-electron chi connectivity index (χ2n) is 7.34. The van der Waals surface area contributed by atoms with Crippen molar-refractivity contribution in [1.82, 2.24) is 19.8 Å². The largest absolute Gasteiger partial charge is 0.474 e. The molecule has 156 valence electrons. The van der Waals surface area contributed by atoms with Crippen molar-refractivity contribution >= 4 is 5.82 Å². The van der Waals surface area contributed by atoms with Gasteiger partial charge in [0.2, 0.25) is 0 Å². The fourth-order valence-electron chi connectivity index (χ4n) is 3.72. The Hall–Kier alpha value is -2.29. The van der Waals surface area contributed by atoms with Gasteiger partial charge >= 0.3 is 0 Å². The molecule has 2 aliphatic rings. The van der Waals surface area contributed by atoms with Crippen LogP contribution in [0, 0.1) is 5.82 Å². The Bertz CT molecular complexity index is 779. The molecule has 7 nitrogen and oxygen atoms in total. The zero-order valence-corrected chi connectivity index (χ0v) is 16.7. The first-order valence-electron chi connectivity index (χ1n) is 10.2. The third kappa shape index (κ3) is 5.41. The maximum atomic E-state index is 13.9. The second-order valence-corrected chi connectivity index (χ2v) is 7.34. The highest BCUT2D eigenvalue weighted by molar-refractivity contribution is 5.48. The summed E-state index contributed by atoms with van der Waals surface area (Å²) in [5.74, 6) is 1.24. The average Bonchev–Trinajstić information content (AvgIpc) is 2.77. The Morgan fingerprint density at radius 1 is 0.931 bits per heavy atom. The van der Waals surface area contributed by atoms with Crippen LogP contribution in [-0.4, -0.2) is 85.4 Å². The number of nitrogens with zero attached hydrogens (tertiary/aromatic N) is 5. The molecule has 0 aliphatic carbocycles. The third-order valence-electron chi connectivity index (χ3n) is 5.42. The molecule has 0 unspecified atom stereocenters. The quantitative estimate of drug-likeness (QED) is 0.699. The van der Waals surface area contributed by atoms with E-state index in [0.717, 1.165) is 70.4 Å². The van der Waals surface area contributed by atoms with Gasteiger partial charge in [-0.3, -0.25) is 9.80 Å². The molecule has 3 heterocycles. The van der Waals surface area contributed by atoms with E-state index in [-0.39, 0.29) is 5.82 Å². The van der Waals surface area contributed by atoms with Crippen molar-refractivity contribution in [3.05, 3.63) is 48.0 Å². The first kappa shape index (κ1) is 20.0. The van der Waals surface area contributed by atoms with Crippen LogP contribution < -0.4 is 9.64 Å². The van der Waals surface area contributed by atoms with E-state index in [2.05, 4.69) is 24.7 Å². The number of hydrogen-bond acceptors (Lipinski definition) is 7. The minimum atomic E-state index is -0.139. The van der Waals surface area contributed by atoms with Crippen LogP contribution in [0.15, 0.2) is 36.7 Å². The van der Waals surface area contributed by atoms with Gasteiger partial charge in [0.15, 0.2) is 5.82 Å². The van der Waals surface area contributed by atoms with Crippen molar-refractivity contribution in [2.45, 2.75) is 6.54 Å². The van der Waals surface area contributed by atoms with Gasteiger partial charge in [-0.1, -0.05) is 18.2 Å². The molecule has 2 saturated heterocycles. The first-order valence-corrected chi connectivity index (χ1v) is 10.2. The Morgan fingerprint density at radius 3 is 2.48 bits per heavy atom. The van der Waals surface area contributed by atoms with E-state index in [0.29, 0.717) is 19.0 Å². The van der Waals surface area contributed by atoms with Gasteiger partial charge in [-0.2, -0.15) is 0 Å². The molecular weight excluding hydrogens is 373 g/mol. The van der Waals surface area contributed by atoms with Crippen molar-refractivity contribution in [2.75, 3.05) is 70.5 Å². The number of benzene rings is 1. The molecule has 1 aromatic carbocycles. The maximum Gasteiger partial charge on any atom is 0.257 e. The van der Waals surface area contributed by atoms with Crippen molar-refractivity contribution in [1.29, 1.82) is 0 Å². The monoisotopic (exact) mass is 401 g/mol. The molecule has 0 amide bonds. The van der Waals surface area contributed by atoms with Gasteiger partial charge in [-0.15, -0.1) is 0 Å². The predicted octanol–water partition coefficient (Wildman–Crippen LogP) is 1.65. The van der Waals surface area contributed by atoms with Gasteiger partial charge in [0.25, 0.3) is 5.88 Å². The lowest BCUT2D eigenvalue weighted by molar-refractivity contribution is 0.0320. The Balaban J connectivity index is 1.29. The lowest BCUT2D eigenvalue weighted by Crippen LogP contribution is -2.46. The Kier molecular flexibility index (Phi) is 6.87. The SMILES string of the molecule is Fc1ccccc1CN1CCN(c2nccnc2OCCN2CCOCC2)CC1. The van der Waals surface area contributed by atoms with Gasteiger partial charge in [-0.25, -0.2) is 14.4 Å². The van der Waals surface area contributed by atoms with E-state index in [9.17, 15) is 4.39 Å². The van der Waals surface area contributed by atoms with E-state index < -0.39 is 0 Å². The van der Waals surface area contributed by atoms with E-state index in [4.69, 9.17) is 9.47 Å². The summed E-state index contributed by atoms with van der Waals surface area (Å²) in [5, 5.41) is 0. The van der Waals surface area contributed by atoms with Crippen LogP contribution in [0.2, 0.25) is 0 Å². The van der Waals surface area contributed by atoms with E-state index in [1.54, 1.807) is 18.5 Å². The van der Waals surface area contributed by atoms with Crippen LogP contribution >= 0.6 is 0 Å². The van der Waals surface area contributed by atoms with E-state index >= 15 is 0 Å². The molecular formula is C21H28FN5O2. The third-order valence-corrected chi connectivity index (χ3v) is 5.42. The summed E-state index contributed by atoms with van der Waals surface area (Å²) in [6.07, 6.45) is 3.37. The van der Waals surface area contributed by atoms with Crippen LogP contribution in [0.4, 0.5) is 10.2 Å². The lowest BCUT2D eigenvalue weighted by Gasteiger charge is -2.35. The predicted molar refractivity (Wildman–Crippen MR) is 109 cm³/mol. The summed E-state index contributed by atoms with van der Waals surface area (Å²) in [4.78, 5) is 15.7. The molecule has 2 aliphatic heterocycles. The highest BCUT2D eigenvalue weighted by atomic mass is 19.1. The highest BCUT2D eigenvalue weighted by Gasteiger charge is 2.22.